The highest BCUT2D eigenvalue weighted by atomic mass is 35.5. The van der Waals surface area contributed by atoms with Gasteiger partial charge in [0.15, 0.2) is 5.13 Å². The second-order valence-electron chi connectivity index (χ2n) is 4.70. The molecule has 114 valence electrons. The van der Waals surface area contributed by atoms with E-state index in [1.165, 1.54) is 23.5 Å². The van der Waals surface area contributed by atoms with Gasteiger partial charge in [-0.25, -0.2) is 13.4 Å². The Kier molecular flexibility index (Phi) is 4.08. The molecule has 0 aliphatic rings. The molecule has 0 aliphatic heterocycles. The topological polar surface area (TPSA) is 59.1 Å². The molecule has 22 heavy (non-hydrogen) atoms. The minimum absolute atomic E-state index is 0.159. The summed E-state index contributed by atoms with van der Waals surface area (Å²) in [7, 11) is -3.66. The highest BCUT2D eigenvalue weighted by Crippen LogP contribution is 2.30. The molecule has 0 radical (unpaired) electrons. The maximum Gasteiger partial charge on any atom is 0.263 e. The number of rotatable bonds is 4. The average Bonchev–Trinajstić information content (AvgIpc) is 2.89. The van der Waals surface area contributed by atoms with Crippen LogP contribution in [-0.4, -0.2) is 13.4 Å². The number of nitrogens with zero attached hydrogens (tertiary/aromatic N) is 1. The lowest BCUT2D eigenvalue weighted by Crippen LogP contribution is -2.12. The van der Waals surface area contributed by atoms with Crippen molar-refractivity contribution in [2.75, 3.05) is 4.72 Å². The van der Waals surface area contributed by atoms with E-state index in [2.05, 4.69) is 9.71 Å². The Morgan fingerprint density at radius 3 is 2.59 bits per heavy atom. The third-order valence-corrected chi connectivity index (χ3v) is 5.90. The SMILES string of the molecule is CCc1cccc2sc(NS(=O)(=O)c3ccc(Cl)cc3)nc12. The predicted molar refractivity (Wildman–Crippen MR) is 91.3 cm³/mol. The van der Waals surface area contributed by atoms with Gasteiger partial charge in [0.05, 0.1) is 15.1 Å². The van der Waals surface area contributed by atoms with Crippen molar-refractivity contribution in [1.29, 1.82) is 0 Å². The average molecular weight is 353 g/mol. The molecule has 0 amide bonds. The van der Waals surface area contributed by atoms with E-state index in [4.69, 9.17) is 11.6 Å². The number of aromatic nitrogens is 1. The van der Waals surface area contributed by atoms with E-state index in [0.717, 1.165) is 22.2 Å². The van der Waals surface area contributed by atoms with Crippen LogP contribution in [0.1, 0.15) is 12.5 Å². The van der Waals surface area contributed by atoms with Crippen LogP contribution in [-0.2, 0) is 16.4 Å². The quantitative estimate of drug-likeness (QED) is 0.761. The molecule has 0 saturated heterocycles. The lowest BCUT2D eigenvalue weighted by atomic mass is 10.1. The summed E-state index contributed by atoms with van der Waals surface area (Å²) in [6.07, 6.45) is 0.852. The van der Waals surface area contributed by atoms with E-state index in [1.54, 1.807) is 12.1 Å². The molecule has 0 bridgehead atoms. The highest BCUT2D eigenvalue weighted by Gasteiger charge is 2.17. The fourth-order valence-electron chi connectivity index (χ4n) is 2.12. The number of anilines is 1. The molecular weight excluding hydrogens is 340 g/mol. The first-order chi connectivity index (χ1) is 10.5. The lowest BCUT2D eigenvalue weighted by Gasteiger charge is -2.04. The summed E-state index contributed by atoms with van der Waals surface area (Å²) >= 11 is 7.11. The van der Waals surface area contributed by atoms with Gasteiger partial charge in [-0.15, -0.1) is 0 Å². The van der Waals surface area contributed by atoms with E-state index in [9.17, 15) is 8.42 Å². The Bertz CT molecular complexity index is 918. The van der Waals surface area contributed by atoms with Gasteiger partial charge in [0.1, 0.15) is 0 Å². The summed E-state index contributed by atoms with van der Waals surface area (Å²) in [6, 6.07) is 11.9. The number of fused-ring (bicyclic) bond motifs is 1. The largest absolute Gasteiger partial charge is 0.263 e. The molecule has 1 heterocycles. The van der Waals surface area contributed by atoms with Gasteiger partial charge >= 0.3 is 0 Å². The molecular formula is C15H13ClN2O2S2. The Morgan fingerprint density at radius 1 is 1.18 bits per heavy atom. The van der Waals surface area contributed by atoms with Crippen LogP contribution < -0.4 is 4.72 Å². The fourth-order valence-corrected chi connectivity index (χ4v) is 4.40. The van der Waals surface area contributed by atoms with Crippen molar-refractivity contribution >= 4 is 48.3 Å². The number of benzene rings is 2. The summed E-state index contributed by atoms with van der Waals surface area (Å²) in [5.41, 5.74) is 1.95. The first kappa shape index (κ1) is 15.3. The first-order valence-corrected chi connectivity index (χ1v) is 9.34. The molecule has 0 fully saturated rings. The summed E-state index contributed by atoms with van der Waals surface area (Å²) in [4.78, 5) is 4.57. The van der Waals surface area contributed by atoms with Gasteiger partial charge in [0, 0.05) is 5.02 Å². The van der Waals surface area contributed by atoms with Crippen LogP contribution in [0.25, 0.3) is 10.2 Å². The maximum absolute atomic E-state index is 12.4. The highest BCUT2D eigenvalue weighted by molar-refractivity contribution is 7.93. The van der Waals surface area contributed by atoms with Crippen molar-refractivity contribution < 1.29 is 8.42 Å². The van der Waals surface area contributed by atoms with E-state index in [-0.39, 0.29) is 4.90 Å². The first-order valence-electron chi connectivity index (χ1n) is 6.66. The van der Waals surface area contributed by atoms with E-state index in [1.807, 2.05) is 25.1 Å². The van der Waals surface area contributed by atoms with Gasteiger partial charge in [0.2, 0.25) is 0 Å². The van der Waals surface area contributed by atoms with Gasteiger partial charge in [-0.05, 0) is 42.3 Å². The molecule has 1 N–H and O–H groups in total. The Hall–Kier alpha value is -1.63. The summed E-state index contributed by atoms with van der Waals surface area (Å²) in [6.45, 7) is 2.05. The zero-order valence-electron chi connectivity index (χ0n) is 11.7. The van der Waals surface area contributed by atoms with Crippen LogP contribution >= 0.6 is 22.9 Å². The number of halogens is 1. The van der Waals surface area contributed by atoms with E-state index < -0.39 is 10.0 Å². The fraction of sp³-hybridized carbons (Fsp3) is 0.133. The van der Waals surface area contributed by atoms with E-state index in [0.29, 0.717) is 10.2 Å². The van der Waals surface area contributed by atoms with Crippen LogP contribution in [0.3, 0.4) is 0 Å². The Morgan fingerprint density at radius 2 is 1.91 bits per heavy atom. The number of para-hydroxylation sites is 1. The van der Waals surface area contributed by atoms with Gasteiger partial charge in [-0.2, -0.15) is 0 Å². The zero-order valence-corrected chi connectivity index (χ0v) is 14.1. The van der Waals surface area contributed by atoms with Crippen molar-refractivity contribution in [3.63, 3.8) is 0 Å². The number of nitrogens with one attached hydrogen (secondary N) is 1. The zero-order chi connectivity index (χ0) is 15.7. The molecule has 0 spiro atoms. The third kappa shape index (κ3) is 2.95. The number of thiazole rings is 1. The Labute approximate surface area is 137 Å². The third-order valence-electron chi connectivity index (χ3n) is 3.23. The van der Waals surface area contributed by atoms with Crippen molar-refractivity contribution in [2.24, 2.45) is 0 Å². The smallest absolute Gasteiger partial charge is 0.255 e. The monoisotopic (exact) mass is 352 g/mol. The summed E-state index contributed by atoms with van der Waals surface area (Å²) < 4.78 is 28.2. The molecule has 3 aromatic rings. The van der Waals surface area contributed by atoms with Crippen molar-refractivity contribution in [2.45, 2.75) is 18.2 Å². The van der Waals surface area contributed by atoms with Gasteiger partial charge in [0.25, 0.3) is 10.0 Å². The van der Waals surface area contributed by atoms with Gasteiger partial charge in [-0.3, -0.25) is 4.72 Å². The molecule has 7 heteroatoms. The van der Waals surface area contributed by atoms with Crippen LogP contribution in [0.5, 0.6) is 0 Å². The number of hydrogen-bond acceptors (Lipinski definition) is 4. The van der Waals surface area contributed by atoms with Gasteiger partial charge < -0.3 is 0 Å². The second kappa shape index (κ2) is 5.87. The van der Waals surface area contributed by atoms with Crippen LogP contribution in [0.15, 0.2) is 47.4 Å². The van der Waals surface area contributed by atoms with E-state index >= 15 is 0 Å². The van der Waals surface area contributed by atoms with Crippen molar-refractivity contribution in [3.8, 4) is 0 Å². The van der Waals surface area contributed by atoms with Crippen molar-refractivity contribution in [3.05, 3.63) is 53.1 Å². The molecule has 1 aromatic heterocycles. The minimum atomic E-state index is -3.66. The minimum Gasteiger partial charge on any atom is -0.255 e. The molecule has 3 rings (SSSR count). The summed E-state index contributed by atoms with van der Waals surface area (Å²) in [5, 5.41) is 0.859. The van der Waals surface area contributed by atoms with Crippen LogP contribution in [0.4, 0.5) is 5.13 Å². The molecule has 0 atom stereocenters. The van der Waals surface area contributed by atoms with Crippen LogP contribution in [0, 0.1) is 0 Å². The van der Waals surface area contributed by atoms with Crippen LogP contribution in [0.2, 0.25) is 5.02 Å². The number of hydrogen-bond donors (Lipinski definition) is 1. The predicted octanol–water partition coefficient (Wildman–Crippen LogP) is 4.31. The molecule has 0 aliphatic carbocycles. The molecule has 4 nitrogen and oxygen atoms in total. The normalized spacial score (nSPS) is 11.7. The second-order valence-corrected chi connectivity index (χ2v) is 7.85. The molecule has 2 aromatic carbocycles. The summed E-state index contributed by atoms with van der Waals surface area (Å²) in [5.74, 6) is 0. The Balaban J connectivity index is 1.97. The van der Waals surface area contributed by atoms with Crippen molar-refractivity contribution in [1.82, 2.24) is 4.98 Å². The van der Waals surface area contributed by atoms with Gasteiger partial charge in [-0.1, -0.05) is 42.0 Å². The molecule has 0 saturated carbocycles. The molecule has 0 unspecified atom stereocenters. The lowest BCUT2D eigenvalue weighted by molar-refractivity contribution is 0.601. The maximum atomic E-state index is 12.4. The standard InChI is InChI=1S/C15H13ClN2O2S2/c1-2-10-4-3-5-13-14(10)17-15(21-13)18-22(19,20)12-8-6-11(16)7-9-12/h3-9H,2H2,1H3,(H,17,18). The number of sulfonamides is 1. The number of aryl methyl sites for hydroxylation is 1.